The molecule has 0 aromatic carbocycles. The summed E-state index contributed by atoms with van der Waals surface area (Å²) in [6.45, 7) is 35.6. The van der Waals surface area contributed by atoms with Crippen molar-refractivity contribution < 1.29 is 46.0 Å². The predicted octanol–water partition coefficient (Wildman–Crippen LogP) is 29.4. The zero-order valence-corrected chi connectivity index (χ0v) is 102. The predicted molar refractivity (Wildman–Crippen MR) is 646 cm³/mol. The van der Waals surface area contributed by atoms with Crippen LogP contribution in [-0.2, 0) is 0 Å². The van der Waals surface area contributed by atoms with Gasteiger partial charge in [-0.25, -0.2) is 0 Å². The number of likely N-dealkylation sites (N-methyl/N-ethyl adjacent to an activating group) is 3. The van der Waals surface area contributed by atoms with Crippen LogP contribution >= 0.6 is 0 Å². The molecule has 0 heterocycles. The van der Waals surface area contributed by atoms with Crippen molar-refractivity contribution in [3.05, 3.63) is 0 Å². The Kier molecular flexibility index (Phi) is 140. The first-order chi connectivity index (χ1) is 71.2. The van der Waals surface area contributed by atoms with Gasteiger partial charge in [-0.2, -0.15) is 0 Å². The smallest absolute Gasteiger partial charge is 0.0667 e. The van der Waals surface area contributed by atoms with Crippen molar-refractivity contribution in [1.82, 2.24) is 51.1 Å². The lowest BCUT2D eigenvalue weighted by atomic mass is 10.0. The van der Waals surface area contributed by atoms with E-state index in [9.17, 15) is 40.9 Å². The lowest BCUT2D eigenvalue weighted by Crippen LogP contribution is -2.40. The average Bonchev–Trinajstić information content (AvgIpc) is 0.952. The standard InChI is InChI=1S/C44H92N2O3.2C26H56N2O2.C23H50N2O.C8H20N2O/c1-5-8-10-12-14-16-18-20-22-24-26-28-30-32-35-43(48)39-45(4)37-34-38-46(40-42(47)7-3)41-44(49)36-33-31-29-27-25-23-21-19-17-15-13-11-9-6-2;1-4-6-7-8-9-10-11-12-13-14-15-16-17-18-20-26(30)24-28(3)22-19-21-27-23-25(29)5-2;1-4-6-7-8-9-10-11-12-13-14-15-16-17-18-20-26(30)24-28(22-19-21-27-3)23-25(29)5-2;1-4-5-6-7-8-9-10-11-12-13-14-15-16-17-19-23(26)22-25(3)21-18-20-24-2;1-3-8(11)7-10-6-4-5-9-2/h42-44,47-49H,5-41H2,1-4H3;2*25-27,29-30H,4-24H2,1-3H3;23-24,26H,4-22H2,1-3H3;8-11H,3-7H2,1-2H3. The fourth-order valence-corrected chi connectivity index (χ4v) is 19.9. The maximum atomic E-state index is 10.8. The summed E-state index contributed by atoms with van der Waals surface area (Å²) in [6, 6.07) is 0. The minimum atomic E-state index is -0.335. The Morgan fingerprint density at radius 3 is 0.521 bits per heavy atom. The summed E-state index contributed by atoms with van der Waals surface area (Å²) in [6.07, 6.45) is 107. The Balaban J connectivity index is -0.000000600. The van der Waals surface area contributed by atoms with Gasteiger partial charge in [0, 0.05) is 58.9 Å². The number of rotatable bonds is 117. The van der Waals surface area contributed by atoms with Gasteiger partial charge < -0.3 is 87.2 Å². The van der Waals surface area contributed by atoms with Crippen molar-refractivity contribution in [2.45, 2.75) is 657 Å². The van der Waals surface area contributed by atoms with E-state index in [0.717, 1.165) is 207 Å². The van der Waals surface area contributed by atoms with E-state index < -0.39 is 0 Å². The van der Waals surface area contributed by atoms with Gasteiger partial charge in [0.1, 0.15) is 0 Å². The summed E-state index contributed by atoms with van der Waals surface area (Å²) in [5.41, 5.74) is 0. The van der Waals surface area contributed by atoms with Crippen LogP contribution in [0.15, 0.2) is 0 Å². The first kappa shape index (κ1) is 154. The molecule has 0 aliphatic carbocycles. The highest BCUT2D eigenvalue weighted by Gasteiger charge is 2.19. The van der Waals surface area contributed by atoms with Gasteiger partial charge in [-0.05, 0) is 198 Å². The number of aliphatic hydroxyl groups is 9. The molecule has 14 N–H and O–H groups in total. The molecule has 9 unspecified atom stereocenters. The monoisotopic (exact) mass is 2080 g/mol. The summed E-state index contributed by atoms with van der Waals surface area (Å²) in [4.78, 5) is 11.2. The molecule has 886 valence electrons. The first-order valence-electron chi connectivity index (χ1n) is 65.1. The molecule has 0 fully saturated rings. The van der Waals surface area contributed by atoms with Gasteiger partial charge in [0.2, 0.25) is 0 Å². The van der Waals surface area contributed by atoms with Crippen LogP contribution in [0.25, 0.3) is 0 Å². The van der Waals surface area contributed by atoms with Gasteiger partial charge in [-0.1, -0.05) is 512 Å². The minimum absolute atomic E-state index is 0.146. The maximum absolute atomic E-state index is 10.8. The molecule has 0 amide bonds. The molecule has 0 aliphatic rings. The topological polar surface area (TPSA) is 258 Å². The Morgan fingerprint density at radius 2 is 0.315 bits per heavy atom. The second kappa shape index (κ2) is 133. The molecular formula is C127H274N10O9. The average molecular weight is 2090 g/mol. The van der Waals surface area contributed by atoms with Gasteiger partial charge >= 0.3 is 0 Å². The molecule has 19 heteroatoms. The number of hydrogen-bond donors (Lipinski definition) is 14. The molecule has 19 nitrogen and oxygen atoms in total. The van der Waals surface area contributed by atoms with E-state index in [1.54, 1.807) is 0 Å². The summed E-state index contributed by atoms with van der Waals surface area (Å²) in [5.74, 6) is 0. The van der Waals surface area contributed by atoms with Crippen LogP contribution in [0.3, 0.4) is 0 Å². The summed E-state index contributed by atoms with van der Waals surface area (Å²) < 4.78 is 0. The molecule has 0 radical (unpaired) electrons. The largest absolute Gasteiger partial charge is 0.392 e. The number of hydrogen-bond acceptors (Lipinski definition) is 19. The number of unbranched alkanes of at least 4 members (excludes halogenated alkanes) is 65. The highest BCUT2D eigenvalue weighted by Crippen LogP contribution is 2.23. The molecule has 0 aliphatic heterocycles. The zero-order chi connectivity index (χ0) is 108. The maximum Gasteiger partial charge on any atom is 0.0667 e. The third-order valence-corrected chi connectivity index (χ3v) is 30.1. The second-order valence-electron chi connectivity index (χ2n) is 45.7. The molecule has 0 rings (SSSR count). The third kappa shape index (κ3) is 136. The van der Waals surface area contributed by atoms with Crippen LogP contribution < -0.4 is 26.6 Å². The van der Waals surface area contributed by atoms with Crippen LogP contribution in [0.2, 0.25) is 0 Å². The summed E-state index contributed by atoms with van der Waals surface area (Å²) in [7, 11) is 12.2. The van der Waals surface area contributed by atoms with Crippen molar-refractivity contribution in [1.29, 1.82) is 0 Å². The van der Waals surface area contributed by atoms with Gasteiger partial charge in [-0.3, -0.25) is 9.80 Å². The van der Waals surface area contributed by atoms with Crippen LogP contribution in [0.5, 0.6) is 0 Å². The van der Waals surface area contributed by atoms with E-state index in [1.807, 2.05) is 48.8 Å². The van der Waals surface area contributed by atoms with Crippen molar-refractivity contribution in [3.8, 4) is 0 Å². The normalized spacial score (nSPS) is 13.6. The lowest BCUT2D eigenvalue weighted by Gasteiger charge is -2.28. The SMILES string of the molecule is CCC(O)CNCCCNC.CCCCCCCCCCCCCCCCC(O)CN(C)CCCN(CC(O)CC)CC(O)CCCCCCCCCCCCCCCC.CCCCCCCCCCCCCCCCC(O)CN(C)CCCNC.CCCCCCCCCCCCCCCCC(O)CN(C)CCCNCC(O)CC.CCCCCCCCCCCCCCCCC(O)CN(CCCNC)CC(O)CC. The van der Waals surface area contributed by atoms with Crippen LogP contribution in [0.1, 0.15) is 602 Å². The van der Waals surface area contributed by atoms with Crippen LogP contribution in [0, 0.1) is 0 Å². The van der Waals surface area contributed by atoms with E-state index in [4.69, 9.17) is 5.11 Å². The zero-order valence-electron chi connectivity index (χ0n) is 102. The van der Waals surface area contributed by atoms with Crippen LogP contribution in [0.4, 0.5) is 0 Å². The number of aliphatic hydroxyl groups excluding tert-OH is 9. The van der Waals surface area contributed by atoms with Gasteiger partial charge in [0.15, 0.2) is 0 Å². The quantitative estimate of drug-likeness (QED) is 0.0253. The van der Waals surface area contributed by atoms with E-state index in [-0.39, 0.29) is 54.9 Å². The molecule has 0 bridgehead atoms. The molecule has 0 saturated heterocycles. The summed E-state index contributed by atoms with van der Waals surface area (Å²) in [5, 5.41) is 107. The minimum Gasteiger partial charge on any atom is -0.392 e. The highest BCUT2D eigenvalue weighted by atomic mass is 16.3. The van der Waals surface area contributed by atoms with E-state index in [1.165, 1.54) is 424 Å². The first-order valence-corrected chi connectivity index (χ1v) is 65.1. The fraction of sp³-hybridized carbons (Fsp3) is 1.00. The van der Waals surface area contributed by atoms with Crippen molar-refractivity contribution >= 4 is 0 Å². The molecular weight excluding hydrogens is 1810 g/mol. The van der Waals surface area contributed by atoms with Gasteiger partial charge in [-0.15, -0.1) is 0 Å². The number of nitrogens with zero attached hydrogens (tertiary/aromatic N) is 5. The molecule has 9 atom stereocenters. The molecule has 146 heavy (non-hydrogen) atoms. The third-order valence-electron chi connectivity index (χ3n) is 30.1. The Labute approximate surface area is 914 Å². The van der Waals surface area contributed by atoms with Crippen molar-refractivity contribution in [2.75, 3.05) is 167 Å². The number of nitrogens with one attached hydrogen (secondary N) is 5. The second-order valence-corrected chi connectivity index (χ2v) is 45.7. The Morgan fingerprint density at radius 1 is 0.158 bits per heavy atom. The van der Waals surface area contributed by atoms with E-state index in [2.05, 4.69) is 107 Å². The van der Waals surface area contributed by atoms with Gasteiger partial charge in [0.25, 0.3) is 0 Å². The summed E-state index contributed by atoms with van der Waals surface area (Å²) >= 11 is 0. The van der Waals surface area contributed by atoms with Gasteiger partial charge in [0.05, 0.1) is 54.9 Å². The molecule has 0 saturated carbocycles. The molecule has 0 aromatic heterocycles. The van der Waals surface area contributed by atoms with Crippen molar-refractivity contribution in [2.24, 2.45) is 0 Å². The fourth-order valence-electron chi connectivity index (χ4n) is 19.9. The lowest BCUT2D eigenvalue weighted by molar-refractivity contribution is 0.0599. The Bertz CT molecular complexity index is 2270. The van der Waals surface area contributed by atoms with E-state index in [0.29, 0.717) is 32.7 Å². The molecule has 0 spiro atoms. The Hall–Kier alpha value is -0.760. The molecule has 0 aromatic rings. The van der Waals surface area contributed by atoms with Crippen molar-refractivity contribution in [3.63, 3.8) is 0 Å². The van der Waals surface area contributed by atoms with E-state index >= 15 is 0 Å². The van der Waals surface area contributed by atoms with Crippen LogP contribution in [-0.4, -0.2) is 292 Å². The highest BCUT2D eigenvalue weighted by molar-refractivity contribution is 4.74.